The number of aryl methyl sites for hydroxylation is 1. The Labute approximate surface area is 179 Å². The number of benzene rings is 2. The lowest BCUT2D eigenvalue weighted by atomic mass is 10.1. The van der Waals surface area contributed by atoms with Crippen LogP contribution in [0, 0.1) is 0 Å². The molecule has 1 aliphatic heterocycles. The Balaban J connectivity index is 1.94. The number of anilines is 1. The second-order valence-corrected chi connectivity index (χ2v) is 8.07. The third-order valence-corrected chi connectivity index (χ3v) is 5.83. The van der Waals surface area contributed by atoms with Crippen molar-refractivity contribution in [3.05, 3.63) is 64.6 Å². The molecular weight excluding hydrogens is 406 g/mol. The maximum absolute atomic E-state index is 13.1. The Bertz CT molecular complexity index is 986. The van der Waals surface area contributed by atoms with Gasteiger partial charge in [-0.15, -0.1) is 0 Å². The molecule has 0 radical (unpaired) electrons. The van der Waals surface area contributed by atoms with Crippen molar-refractivity contribution in [3.8, 4) is 5.75 Å². The SMILES string of the molecule is CCc1ccccc1N1C(=O)/C(=C\c2ccccc2OC(CC)C(=O)O)SC1=S. The molecule has 5 nitrogen and oxygen atoms in total. The molecule has 1 N–H and O–H groups in total. The van der Waals surface area contributed by atoms with Crippen LogP contribution in [0.2, 0.25) is 0 Å². The molecule has 150 valence electrons. The number of rotatable bonds is 7. The van der Waals surface area contributed by atoms with Crippen LogP contribution in [-0.4, -0.2) is 27.4 Å². The number of thioether (sulfide) groups is 1. The van der Waals surface area contributed by atoms with Crippen LogP contribution in [-0.2, 0) is 16.0 Å². The molecular formula is C22H21NO4S2. The fraction of sp³-hybridized carbons (Fsp3) is 0.227. The minimum Gasteiger partial charge on any atom is -0.479 e. The molecule has 7 heteroatoms. The third kappa shape index (κ3) is 4.52. The van der Waals surface area contributed by atoms with Gasteiger partial charge < -0.3 is 9.84 Å². The van der Waals surface area contributed by atoms with E-state index in [0.29, 0.717) is 27.0 Å². The summed E-state index contributed by atoms with van der Waals surface area (Å²) in [7, 11) is 0. The van der Waals surface area contributed by atoms with Crippen LogP contribution in [0.25, 0.3) is 6.08 Å². The van der Waals surface area contributed by atoms with Crippen LogP contribution in [0.3, 0.4) is 0 Å². The molecule has 1 heterocycles. The fourth-order valence-electron chi connectivity index (χ4n) is 3.01. The molecule has 0 saturated carbocycles. The zero-order valence-electron chi connectivity index (χ0n) is 16.1. The van der Waals surface area contributed by atoms with E-state index in [2.05, 4.69) is 0 Å². The van der Waals surface area contributed by atoms with Crippen LogP contribution >= 0.6 is 24.0 Å². The number of carboxylic acids is 1. The van der Waals surface area contributed by atoms with Crippen molar-refractivity contribution >= 4 is 51.9 Å². The van der Waals surface area contributed by atoms with Gasteiger partial charge in [0.05, 0.1) is 10.6 Å². The number of aliphatic carboxylic acids is 1. The number of carbonyl (C=O) groups is 2. The molecule has 1 atom stereocenters. The van der Waals surface area contributed by atoms with Gasteiger partial charge in [-0.3, -0.25) is 9.69 Å². The normalized spacial score (nSPS) is 16.3. The molecule has 0 aromatic heterocycles. The summed E-state index contributed by atoms with van der Waals surface area (Å²) in [5.74, 6) is -0.799. The van der Waals surface area contributed by atoms with E-state index in [1.165, 1.54) is 11.8 Å². The lowest BCUT2D eigenvalue weighted by molar-refractivity contribution is -0.145. The summed E-state index contributed by atoms with van der Waals surface area (Å²) in [5, 5.41) is 9.27. The Hall–Kier alpha value is -2.64. The molecule has 1 fully saturated rings. The first kappa shape index (κ1) is 21.1. The van der Waals surface area contributed by atoms with Crippen molar-refractivity contribution in [2.45, 2.75) is 32.8 Å². The van der Waals surface area contributed by atoms with Crippen molar-refractivity contribution in [2.75, 3.05) is 4.90 Å². The van der Waals surface area contributed by atoms with E-state index in [1.54, 1.807) is 36.1 Å². The number of nitrogens with zero attached hydrogens (tertiary/aromatic N) is 1. The quantitative estimate of drug-likeness (QED) is 0.501. The van der Waals surface area contributed by atoms with Crippen LogP contribution in [0.15, 0.2) is 53.4 Å². The van der Waals surface area contributed by atoms with Gasteiger partial charge in [0.15, 0.2) is 10.4 Å². The zero-order valence-corrected chi connectivity index (χ0v) is 17.8. The van der Waals surface area contributed by atoms with Gasteiger partial charge in [0.2, 0.25) is 0 Å². The Kier molecular flexibility index (Phi) is 6.71. The fourth-order valence-corrected chi connectivity index (χ4v) is 4.29. The third-order valence-electron chi connectivity index (χ3n) is 4.53. The first-order chi connectivity index (χ1) is 14.0. The van der Waals surface area contributed by atoms with E-state index < -0.39 is 12.1 Å². The second kappa shape index (κ2) is 9.24. The van der Waals surface area contributed by atoms with Gasteiger partial charge in [-0.25, -0.2) is 4.79 Å². The molecule has 0 bridgehead atoms. The van der Waals surface area contributed by atoms with Crippen molar-refractivity contribution in [1.82, 2.24) is 0 Å². The molecule has 1 amide bonds. The molecule has 2 aromatic rings. The molecule has 1 unspecified atom stereocenters. The molecule has 0 aliphatic carbocycles. The van der Waals surface area contributed by atoms with Gasteiger partial charge in [-0.1, -0.05) is 74.2 Å². The van der Waals surface area contributed by atoms with Crippen LogP contribution in [0.1, 0.15) is 31.4 Å². The van der Waals surface area contributed by atoms with E-state index in [0.717, 1.165) is 17.7 Å². The average Bonchev–Trinajstić information content (AvgIpc) is 2.99. The van der Waals surface area contributed by atoms with Gasteiger partial charge in [-0.2, -0.15) is 0 Å². The summed E-state index contributed by atoms with van der Waals surface area (Å²) in [6, 6.07) is 14.8. The molecule has 1 aliphatic rings. The summed E-state index contributed by atoms with van der Waals surface area (Å²) in [5.41, 5.74) is 2.47. The number of ether oxygens (including phenoxy) is 1. The average molecular weight is 428 g/mol. The summed E-state index contributed by atoms with van der Waals surface area (Å²) in [6.45, 7) is 3.78. The van der Waals surface area contributed by atoms with Gasteiger partial charge >= 0.3 is 5.97 Å². The van der Waals surface area contributed by atoms with E-state index in [4.69, 9.17) is 17.0 Å². The number of carboxylic acid groups (broad SMARTS) is 1. The van der Waals surface area contributed by atoms with Crippen LogP contribution in [0.5, 0.6) is 5.75 Å². The number of thiocarbonyl (C=S) groups is 1. The number of hydrogen-bond donors (Lipinski definition) is 1. The summed E-state index contributed by atoms with van der Waals surface area (Å²) in [6.07, 6.45) is 1.88. The number of carbonyl (C=O) groups excluding carboxylic acids is 1. The smallest absolute Gasteiger partial charge is 0.344 e. The lowest BCUT2D eigenvalue weighted by Crippen LogP contribution is -2.28. The minimum atomic E-state index is -1.02. The largest absolute Gasteiger partial charge is 0.479 e. The monoisotopic (exact) mass is 427 g/mol. The highest BCUT2D eigenvalue weighted by Crippen LogP contribution is 2.38. The topological polar surface area (TPSA) is 66.8 Å². The first-order valence-electron chi connectivity index (χ1n) is 9.30. The maximum atomic E-state index is 13.1. The molecule has 1 saturated heterocycles. The predicted octanol–water partition coefficient (Wildman–Crippen LogP) is 4.90. The summed E-state index contributed by atoms with van der Waals surface area (Å²) >= 11 is 6.70. The van der Waals surface area contributed by atoms with E-state index in [-0.39, 0.29) is 5.91 Å². The standard InChI is InChI=1S/C22H21NO4S2/c1-3-14-9-5-7-11-16(14)23-20(24)19(29-22(23)28)13-15-10-6-8-12-18(15)27-17(4-2)21(25)26/h5-13,17H,3-4H2,1-2H3,(H,25,26)/b19-13+. The van der Waals surface area contributed by atoms with E-state index in [1.807, 2.05) is 37.3 Å². The number of amides is 1. The van der Waals surface area contributed by atoms with Crippen molar-refractivity contribution in [1.29, 1.82) is 0 Å². The van der Waals surface area contributed by atoms with Crippen LogP contribution in [0.4, 0.5) is 5.69 Å². The first-order valence-corrected chi connectivity index (χ1v) is 10.5. The molecule has 0 spiro atoms. The van der Waals surface area contributed by atoms with Gasteiger partial charge in [0.1, 0.15) is 5.75 Å². The van der Waals surface area contributed by atoms with E-state index >= 15 is 0 Å². The molecule has 29 heavy (non-hydrogen) atoms. The number of hydrogen-bond acceptors (Lipinski definition) is 5. The lowest BCUT2D eigenvalue weighted by Gasteiger charge is -2.18. The Morgan fingerprint density at radius 1 is 1.21 bits per heavy atom. The van der Waals surface area contributed by atoms with Crippen LogP contribution < -0.4 is 9.64 Å². The predicted molar refractivity (Wildman–Crippen MR) is 120 cm³/mol. The number of para-hydroxylation sites is 2. The van der Waals surface area contributed by atoms with Gasteiger partial charge in [-0.05, 0) is 36.6 Å². The molecule has 2 aromatic carbocycles. The van der Waals surface area contributed by atoms with Crippen molar-refractivity contribution in [2.24, 2.45) is 0 Å². The van der Waals surface area contributed by atoms with E-state index in [9.17, 15) is 14.7 Å². The zero-order chi connectivity index (χ0) is 21.0. The second-order valence-electron chi connectivity index (χ2n) is 6.39. The van der Waals surface area contributed by atoms with Gasteiger partial charge in [0.25, 0.3) is 5.91 Å². The molecule has 3 rings (SSSR count). The van der Waals surface area contributed by atoms with Crippen molar-refractivity contribution in [3.63, 3.8) is 0 Å². The Morgan fingerprint density at radius 3 is 2.59 bits per heavy atom. The highest BCUT2D eigenvalue weighted by molar-refractivity contribution is 8.27. The van der Waals surface area contributed by atoms with Crippen molar-refractivity contribution < 1.29 is 19.4 Å². The summed E-state index contributed by atoms with van der Waals surface area (Å²) < 4.78 is 6.14. The minimum absolute atomic E-state index is 0.194. The van der Waals surface area contributed by atoms with Gasteiger partial charge in [0, 0.05) is 5.56 Å². The Morgan fingerprint density at radius 2 is 1.90 bits per heavy atom. The highest BCUT2D eigenvalue weighted by atomic mass is 32.2. The highest BCUT2D eigenvalue weighted by Gasteiger charge is 2.34. The summed E-state index contributed by atoms with van der Waals surface area (Å²) in [4.78, 5) is 26.5. The maximum Gasteiger partial charge on any atom is 0.344 e.